The van der Waals surface area contributed by atoms with Gasteiger partial charge in [-0.3, -0.25) is 0 Å². The number of rotatable bonds is 3. The van der Waals surface area contributed by atoms with Crippen LogP contribution in [0.3, 0.4) is 0 Å². The highest BCUT2D eigenvalue weighted by atomic mass is 32.2. The first-order valence-corrected chi connectivity index (χ1v) is 10.6. The molecule has 142 valence electrons. The van der Waals surface area contributed by atoms with Crippen LogP contribution < -0.4 is 0 Å². The Morgan fingerprint density at radius 2 is 1.89 bits per heavy atom. The lowest BCUT2D eigenvalue weighted by Crippen LogP contribution is -2.47. The monoisotopic (exact) mass is 387 g/mol. The van der Waals surface area contributed by atoms with Crippen LogP contribution in [0.4, 0.5) is 0 Å². The highest BCUT2D eigenvalue weighted by Gasteiger charge is 2.46. The van der Waals surface area contributed by atoms with Crippen LogP contribution >= 0.6 is 0 Å². The van der Waals surface area contributed by atoms with Crippen molar-refractivity contribution in [3.05, 3.63) is 41.7 Å². The van der Waals surface area contributed by atoms with Crippen LogP contribution in [0.2, 0.25) is 0 Å². The summed E-state index contributed by atoms with van der Waals surface area (Å²) < 4.78 is 36.1. The van der Waals surface area contributed by atoms with Gasteiger partial charge in [0, 0.05) is 24.8 Å². The van der Waals surface area contributed by atoms with Crippen molar-refractivity contribution in [3.63, 3.8) is 0 Å². The van der Waals surface area contributed by atoms with Crippen LogP contribution in [0.15, 0.2) is 39.8 Å². The molecule has 2 atom stereocenters. The number of fused-ring (bicyclic) bond motifs is 3. The maximum Gasteiger partial charge on any atom is 0.285 e. The zero-order chi connectivity index (χ0) is 18.6. The van der Waals surface area contributed by atoms with Gasteiger partial charge < -0.3 is 9.64 Å². The van der Waals surface area contributed by atoms with Crippen molar-refractivity contribution in [1.82, 2.24) is 19.9 Å². The molecular formula is C18H21N5O3S. The molecule has 27 heavy (non-hydrogen) atoms. The zero-order valence-electron chi connectivity index (χ0n) is 15.0. The number of nitrogens with zero attached hydrogens (tertiary/aromatic N) is 5. The summed E-state index contributed by atoms with van der Waals surface area (Å²) in [5, 5.41) is 8.45. The summed E-state index contributed by atoms with van der Waals surface area (Å²) in [7, 11) is -1.94. The Labute approximate surface area is 157 Å². The fourth-order valence-electron chi connectivity index (χ4n) is 4.69. The number of methoxy groups -OCH3 is 1. The molecule has 9 heteroatoms. The molecule has 0 radical (unpaired) electrons. The van der Waals surface area contributed by atoms with Gasteiger partial charge >= 0.3 is 0 Å². The molecule has 8 nitrogen and oxygen atoms in total. The molecule has 3 aliphatic heterocycles. The summed E-state index contributed by atoms with van der Waals surface area (Å²) >= 11 is 0. The van der Waals surface area contributed by atoms with Crippen LogP contribution in [0.25, 0.3) is 0 Å². The average Bonchev–Trinajstić information content (AvgIpc) is 3.29. The van der Waals surface area contributed by atoms with Gasteiger partial charge in [0.1, 0.15) is 10.6 Å². The van der Waals surface area contributed by atoms with Crippen LogP contribution in [0.1, 0.15) is 43.0 Å². The van der Waals surface area contributed by atoms with Gasteiger partial charge in [-0.1, -0.05) is 17.3 Å². The number of amidine groups is 1. The van der Waals surface area contributed by atoms with E-state index in [0.29, 0.717) is 17.3 Å². The summed E-state index contributed by atoms with van der Waals surface area (Å²) in [4.78, 5) is 2.56. The topological polar surface area (TPSA) is 89.7 Å². The molecule has 2 saturated heterocycles. The van der Waals surface area contributed by atoms with Gasteiger partial charge in [-0.25, -0.2) is 4.68 Å². The van der Waals surface area contributed by atoms with E-state index >= 15 is 0 Å². The van der Waals surface area contributed by atoms with Crippen molar-refractivity contribution in [3.8, 4) is 0 Å². The van der Waals surface area contributed by atoms with E-state index in [4.69, 9.17) is 4.74 Å². The number of ether oxygens (including phenoxy) is 1. The Morgan fingerprint density at radius 1 is 1.15 bits per heavy atom. The third-order valence-corrected chi connectivity index (χ3v) is 7.11. The van der Waals surface area contributed by atoms with E-state index in [2.05, 4.69) is 19.6 Å². The molecule has 1 aromatic carbocycles. The van der Waals surface area contributed by atoms with E-state index < -0.39 is 10.0 Å². The van der Waals surface area contributed by atoms with Crippen LogP contribution in [0, 0.1) is 0 Å². The molecule has 3 aliphatic rings. The molecular weight excluding hydrogens is 366 g/mol. The van der Waals surface area contributed by atoms with Crippen LogP contribution in [0.5, 0.6) is 0 Å². The molecule has 5 rings (SSSR count). The van der Waals surface area contributed by atoms with Gasteiger partial charge in [0.2, 0.25) is 0 Å². The molecule has 2 unspecified atom stereocenters. The summed E-state index contributed by atoms with van der Waals surface area (Å²) in [6.45, 7) is 0.456. The normalized spacial score (nSPS) is 28.3. The van der Waals surface area contributed by atoms with Gasteiger partial charge in [-0.15, -0.1) is 9.50 Å². The van der Waals surface area contributed by atoms with E-state index in [1.165, 1.54) is 0 Å². The smallest absolute Gasteiger partial charge is 0.285 e. The Hall–Kier alpha value is -2.26. The highest BCUT2D eigenvalue weighted by molar-refractivity contribution is 7.90. The Balaban J connectivity index is 1.43. The second-order valence-corrected chi connectivity index (χ2v) is 9.00. The largest absolute Gasteiger partial charge is 0.378 e. The lowest BCUT2D eigenvalue weighted by atomic mass is 9.96. The van der Waals surface area contributed by atoms with Gasteiger partial charge in [0.05, 0.1) is 18.8 Å². The molecule has 1 aromatic heterocycles. The maximum atomic E-state index is 12.4. The Bertz CT molecular complexity index is 1000. The van der Waals surface area contributed by atoms with Crippen molar-refractivity contribution in [1.29, 1.82) is 0 Å². The van der Waals surface area contributed by atoms with Gasteiger partial charge in [0.15, 0.2) is 5.84 Å². The Kier molecular flexibility index (Phi) is 3.83. The van der Waals surface area contributed by atoms with Crippen molar-refractivity contribution in [2.45, 2.75) is 55.3 Å². The van der Waals surface area contributed by atoms with E-state index in [1.54, 1.807) is 19.2 Å². The minimum Gasteiger partial charge on any atom is -0.378 e. The van der Waals surface area contributed by atoms with Crippen molar-refractivity contribution in [2.75, 3.05) is 7.11 Å². The van der Waals surface area contributed by atoms with E-state index in [-0.39, 0.29) is 18.1 Å². The molecule has 0 saturated carbocycles. The number of hydrogen-bond donors (Lipinski definition) is 0. The summed E-state index contributed by atoms with van der Waals surface area (Å²) in [5.74, 6) is 0.621. The van der Waals surface area contributed by atoms with E-state index in [0.717, 1.165) is 36.9 Å². The average molecular weight is 387 g/mol. The molecule has 2 bridgehead atoms. The van der Waals surface area contributed by atoms with Crippen LogP contribution in [-0.4, -0.2) is 53.3 Å². The molecule has 0 spiro atoms. The second kappa shape index (κ2) is 6.13. The predicted molar refractivity (Wildman–Crippen MR) is 97.8 cm³/mol. The summed E-state index contributed by atoms with van der Waals surface area (Å²) in [6.07, 6.45) is 5.86. The van der Waals surface area contributed by atoms with Gasteiger partial charge in [0.25, 0.3) is 10.0 Å². The summed E-state index contributed by atoms with van der Waals surface area (Å²) in [5.41, 5.74) is 1.56. The lowest BCUT2D eigenvalue weighted by molar-refractivity contribution is 0.173. The number of benzene rings is 1. The van der Waals surface area contributed by atoms with E-state index in [9.17, 15) is 8.42 Å². The third kappa shape index (κ3) is 2.68. The molecule has 2 aromatic rings. The van der Waals surface area contributed by atoms with Gasteiger partial charge in [-0.2, -0.15) is 8.42 Å². The highest BCUT2D eigenvalue weighted by Crippen LogP contribution is 2.43. The quantitative estimate of drug-likeness (QED) is 0.797. The van der Waals surface area contributed by atoms with Crippen LogP contribution in [-0.2, 0) is 21.4 Å². The fourth-order valence-corrected chi connectivity index (χ4v) is 5.90. The number of aromatic nitrogens is 3. The molecule has 2 fully saturated rings. The van der Waals surface area contributed by atoms with Crippen molar-refractivity contribution < 1.29 is 13.2 Å². The first-order valence-electron chi connectivity index (χ1n) is 9.19. The minimum atomic E-state index is -3.59. The predicted octanol–water partition coefficient (Wildman–Crippen LogP) is 1.74. The fraction of sp³-hybridized carbons (Fsp3) is 0.500. The zero-order valence-corrected chi connectivity index (χ0v) is 15.8. The first-order chi connectivity index (χ1) is 13.1. The standard InChI is InChI=1S/C18H21N5O3S/c1-26-11-12-10-22(21-19-12)15-8-13-6-7-14(9-15)23(13)18-16-4-2-3-5-17(16)27(24,25)20-18/h2-5,10,13-15H,6-9,11H2,1H3. The maximum absolute atomic E-state index is 12.4. The first kappa shape index (κ1) is 16.9. The number of piperidine rings is 1. The molecule has 0 amide bonds. The minimum absolute atomic E-state index is 0.268. The molecule has 0 N–H and O–H groups in total. The van der Waals surface area contributed by atoms with Gasteiger partial charge in [-0.05, 0) is 37.8 Å². The molecule has 0 aliphatic carbocycles. The van der Waals surface area contributed by atoms with Crippen molar-refractivity contribution in [2.24, 2.45) is 4.40 Å². The van der Waals surface area contributed by atoms with E-state index in [1.807, 2.05) is 23.0 Å². The van der Waals surface area contributed by atoms with Crippen molar-refractivity contribution >= 4 is 15.9 Å². The Morgan fingerprint density at radius 3 is 2.63 bits per heavy atom. The number of hydrogen-bond acceptors (Lipinski definition) is 6. The second-order valence-electron chi connectivity index (χ2n) is 7.43. The SMILES string of the molecule is COCc1cn(C2CC3CCC(C2)N3C2=NS(=O)(=O)c3ccccc32)nn1. The third-order valence-electron chi connectivity index (χ3n) is 5.79. The molecule has 4 heterocycles. The summed E-state index contributed by atoms with van der Waals surface area (Å²) in [6, 6.07) is 7.93. The number of sulfonamides is 1. The lowest BCUT2D eigenvalue weighted by Gasteiger charge is -2.40.